The first kappa shape index (κ1) is 29.8. The van der Waals surface area contributed by atoms with Gasteiger partial charge in [-0.1, -0.05) is 62.9 Å². The summed E-state index contributed by atoms with van der Waals surface area (Å²) in [5.74, 6) is 0.977. The number of alkyl halides is 2. The summed E-state index contributed by atoms with van der Waals surface area (Å²) in [5.41, 5.74) is 9.88. The lowest BCUT2D eigenvalue weighted by molar-refractivity contribution is 0.223. The molecule has 1 aromatic heterocycles. The van der Waals surface area contributed by atoms with Gasteiger partial charge in [0.25, 0.3) is 6.43 Å². The van der Waals surface area contributed by atoms with E-state index in [4.69, 9.17) is 21.5 Å². The van der Waals surface area contributed by atoms with E-state index in [0.717, 1.165) is 29.9 Å². The molecule has 2 heterocycles. The number of likely N-dealkylation sites (N-methyl/N-ethyl adjacent to an activating group) is 1. The third-order valence-corrected chi connectivity index (χ3v) is 6.34. The molecule has 2 atom stereocenters. The lowest BCUT2D eigenvalue weighted by Gasteiger charge is -2.28. The third kappa shape index (κ3) is 8.89. The van der Waals surface area contributed by atoms with Crippen LogP contribution in [-0.2, 0) is 0 Å². The van der Waals surface area contributed by atoms with Crippen molar-refractivity contribution in [3.05, 3.63) is 84.2 Å². The van der Waals surface area contributed by atoms with Crippen LogP contribution in [-0.4, -0.2) is 47.4 Å². The molecule has 0 radical (unpaired) electrons. The van der Waals surface area contributed by atoms with E-state index in [2.05, 4.69) is 80.7 Å². The van der Waals surface area contributed by atoms with Gasteiger partial charge in [-0.15, -0.1) is 6.58 Å². The molecule has 2 unspecified atom stereocenters. The highest BCUT2D eigenvalue weighted by molar-refractivity contribution is 6.03. The van der Waals surface area contributed by atoms with Crippen LogP contribution in [0.25, 0.3) is 0 Å². The number of nitrogen functional groups attached to an aromatic ring is 1. The van der Waals surface area contributed by atoms with Crippen molar-refractivity contribution >= 4 is 17.2 Å². The second kappa shape index (κ2) is 14.4. The molecule has 1 fully saturated rings. The van der Waals surface area contributed by atoms with Crippen molar-refractivity contribution < 1.29 is 8.78 Å². The molecule has 0 amide bonds. The summed E-state index contributed by atoms with van der Waals surface area (Å²) < 4.78 is 23.4. The first-order valence-corrected chi connectivity index (χ1v) is 12.5. The Morgan fingerprint density at radius 3 is 2.41 bits per heavy atom. The molecule has 1 saturated heterocycles. The number of pyridine rings is 1. The fourth-order valence-corrected chi connectivity index (χ4v) is 4.31. The number of halogens is 2. The van der Waals surface area contributed by atoms with Gasteiger partial charge in [0.1, 0.15) is 5.82 Å². The predicted molar refractivity (Wildman–Crippen MR) is 150 cm³/mol. The largest absolute Gasteiger partial charge is 0.383 e. The molecule has 0 aliphatic carbocycles. The molecule has 5 N–H and O–H groups in total. The number of nitrogens with one attached hydrogen (secondary N) is 3. The SMILES string of the molecule is C=C(NC(c1ccccc1)c1ccc(C(C)C)c(N)n1)C1CCCN1C.C=CCC(=N)CC(=N)C(F)F. The van der Waals surface area contributed by atoms with Crippen LogP contribution in [0.15, 0.2) is 67.4 Å². The van der Waals surface area contributed by atoms with Crippen molar-refractivity contribution in [3.63, 3.8) is 0 Å². The fourth-order valence-electron chi connectivity index (χ4n) is 4.31. The molecule has 1 aliphatic heterocycles. The van der Waals surface area contributed by atoms with E-state index < -0.39 is 12.1 Å². The number of benzene rings is 1. The maximum Gasteiger partial charge on any atom is 0.276 e. The molecule has 2 aromatic rings. The summed E-state index contributed by atoms with van der Waals surface area (Å²) in [5, 5.41) is 17.4. The highest BCUT2D eigenvalue weighted by Crippen LogP contribution is 2.28. The van der Waals surface area contributed by atoms with Gasteiger partial charge >= 0.3 is 0 Å². The van der Waals surface area contributed by atoms with Crippen LogP contribution in [0.2, 0.25) is 0 Å². The minimum absolute atomic E-state index is 0.0544. The van der Waals surface area contributed by atoms with E-state index in [0.29, 0.717) is 17.8 Å². The lowest BCUT2D eigenvalue weighted by atomic mass is 9.99. The van der Waals surface area contributed by atoms with Crippen LogP contribution in [0.4, 0.5) is 14.6 Å². The minimum atomic E-state index is -2.74. The van der Waals surface area contributed by atoms with Crippen LogP contribution in [0, 0.1) is 10.8 Å². The van der Waals surface area contributed by atoms with Gasteiger partial charge in [-0.2, -0.15) is 0 Å². The monoisotopic (exact) mass is 510 g/mol. The van der Waals surface area contributed by atoms with Crippen LogP contribution in [0.3, 0.4) is 0 Å². The van der Waals surface area contributed by atoms with E-state index in [1.54, 1.807) is 0 Å². The number of likely N-dealkylation sites (tertiary alicyclic amines) is 1. The Morgan fingerprint density at radius 2 is 1.89 bits per heavy atom. The highest BCUT2D eigenvalue weighted by Gasteiger charge is 2.26. The first-order chi connectivity index (χ1) is 17.5. The second-order valence-corrected chi connectivity index (χ2v) is 9.62. The molecule has 0 spiro atoms. The minimum Gasteiger partial charge on any atom is -0.383 e. The Balaban J connectivity index is 0.000000371. The number of hydrogen-bond acceptors (Lipinski definition) is 6. The number of anilines is 1. The van der Waals surface area contributed by atoms with Crippen LogP contribution < -0.4 is 11.1 Å². The summed E-state index contributed by atoms with van der Waals surface area (Å²) >= 11 is 0. The maximum atomic E-state index is 11.7. The van der Waals surface area contributed by atoms with Crippen LogP contribution in [0.5, 0.6) is 0 Å². The summed E-state index contributed by atoms with van der Waals surface area (Å²) in [6.45, 7) is 13.1. The molecule has 1 aliphatic rings. The summed E-state index contributed by atoms with van der Waals surface area (Å²) in [6, 6.07) is 14.9. The highest BCUT2D eigenvalue weighted by atomic mass is 19.3. The molecule has 3 rings (SSSR count). The van der Waals surface area contributed by atoms with Crippen molar-refractivity contribution in [1.29, 1.82) is 10.8 Å². The normalized spacial score (nSPS) is 16.1. The molecular weight excluding hydrogens is 470 g/mol. The molecule has 0 bridgehead atoms. The molecule has 37 heavy (non-hydrogen) atoms. The van der Waals surface area contributed by atoms with Gasteiger partial charge in [0.05, 0.1) is 17.4 Å². The number of nitrogens with zero attached hydrogens (tertiary/aromatic N) is 2. The third-order valence-electron chi connectivity index (χ3n) is 6.34. The maximum absolute atomic E-state index is 11.7. The number of aromatic nitrogens is 1. The zero-order chi connectivity index (χ0) is 27.5. The quantitative estimate of drug-likeness (QED) is 0.209. The van der Waals surface area contributed by atoms with Crippen molar-refractivity contribution in [1.82, 2.24) is 15.2 Å². The number of allylic oxidation sites excluding steroid dienone is 1. The molecule has 6 nitrogen and oxygen atoms in total. The van der Waals surface area contributed by atoms with E-state index in [1.807, 2.05) is 6.07 Å². The summed E-state index contributed by atoms with van der Waals surface area (Å²) in [6.07, 6.45) is 1.11. The summed E-state index contributed by atoms with van der Waals surface area (Å²) in [4.78, 5) is 7.09. The zero-order valence-electron chi connectivity index (χ0n) is 22.1. The first-order valence-electron chi connectivity index (χ1n) is 12.5. The van der Waals surface area contributed by atoms with Crippen LogP contribution in [0.1, 0.15) is 68.3 Å². The topological polar surface area (TPSA) is 102 Å². The average Bonchev–Trinajstić information content (AvgIpc) is 3.29. The van der Waals surface area contributed by atoms with Crippen molar-refractivity contribution in [2.75, 3.05) is 19.3 Å². The van der Waals surface area contributed by atoms with Gasteiger partial charge in [-0.05, 0) is 49.5 Å². The van der Waals surface area contributed by atoms with Gasteiger partial charge in [0.2, 0.25) is 0 Å². The van der Waals surface area contributed by atoms with Crippen LogP contribution >= 0.6 is 0 Å². The van der Waals surface area contributed by atoms with Crippen molar-refractivity contribution in [2.24, 2.45) is 0 Å². The molecule has 0 saturated carbocycles. The Bertz CT molecular complexity index is 1070. The Labute approximate surface area is 219 Å². The molecule has 200 valence electrons. The predicted octanol–water partition coefficient (Wildman–Crippen LogP) is 6.33. The lowest BCUT2D eigenvalue weighted by Crippen LogP contribution is -2.35. The smallest absolute Gasteiger partial charge is 0.276 e. The van der Waals surface area contributed by atoms with Gasteiger partial charge in [-0.3, -0.25) is 4.90 Å². The Hall–Kier alpha value is -3.39. The van der Waals surface area contributed by atoms with E-state index >= 15 is 0 Å². The standard InChI is InChI=1S/C22H30N4.C7H10F2N2/c1-15(2)18-12-13-19(25-22(18)23)21(17-9-6-5-7-10-17)24-16(3)20-11-8-14-26(20)4;1-2-3-5(10)4-6(11)7(8)9/h5-7,9-10,12-13,15,20-21,24H,3,8,11,14H2,1-2,4H3,(H2,23,25);2,7,10-11H,1,3-4H2. The van der Waals surface area contributed by atoms with Gasteiger partial charge in [0.15, 0.2) is 0 Å². The molecule has 1 aromatic carbocycles. The number of nitrogens with two attached hydrogens (primary N) is 1. The fraction of sp³-hybridized carbons (Fsp3) is 0.414. The number of hydrogen-bond donors (Lipinski definition) is 4. The zero-order valence-corrected chi connectivity index (χ0v) is 22.1. The van der Waals surface area contributed by atoms with E-state index in [9.17, 15) is 8.78 Å². The van der Waals surface area contributed by atoms with Gasteiger partial charge in [0, 0.05) is 30.3 Å². The van der Waals surface area contributed by atoms with Gasteiger partial charge < -0.3 is 21.9 Å². The van der Waals surface area contributed by atoms with Gasteiger partial charge in [-0.25, -0.2) is 13.8 Å². The van der Waals surface area contributed by atoms with Crippen molar-refractivity contribution in [2.45, 2.75) is 64.0 Å². The van der Waals surface area contributed by atoms with E-state index in [1.165, 1.54) is 18.1 Å². The summed E-state index contributed by atoms with van der Waals surface area (Å²) in [7, 11) is 2.16. The van der Waals surface area contributed by atoms with E-state index in [-0.39, 0.29) is 24.6 Å². The number of rotatable bonds is 11. The average molecular weight is 511 g/mol. The Kier molecular flexibility index (Phi) is 11.6. The molecule has 8 heteroatoms. The molecular formula is C29H40F2N6. The van der Waals surface area contributed by atoms with Crippen molar-refractivity contribution in [3.8, 4) is 0 Å². The Morgan fingerprint density at radius 1 is 1.22 bits per heavy atom. The second-order valence-electron chi connectivity index (χ2n) is 9.62.